The van der Waals surface area contributed by atoms with Crippen LogP contribution in [-0.2, 0) is 11.3 Å². The molecule has 0 unspecified atom stereocenters. The first kappa shape index (κ1) is 13.2. The molecule has 0 saturated carbocycles. The molecule has 5 heteroatoms. The van der Waals surface area contributed by atoms with E-state index in [1.165, 1.54) is 0 Å². The molecule has 94 valence electrons. The highest BCUT2D eigenvalue weighted by molar-refractivity contribution is 7.71. The smallest absolute Gasteiger partial charge is 0.134 e. The molecule has 0 saturated heterocycles. The molecule has 0 atom stereocenters. The first-order chi connectivity index (χ1) is 8.70. The average molecular weight is 281 g/mol. The average Bonchev–Trinajstić information content (AvgIpc) is 2.36. The Balaban J connectivity index is 2.42. The topological polar surface area (TPSA) is 37.9 Å². The van der Waals surface area contributed by atoms with Gasteiger partial charge >= 0.3 is 0 Å². The molecule has 0 aliphatic rings. The minimum Gasteiger partial charge on any atom is -0.374 e. The first-order valence-electron chi connectivity index (χ1n) is 5.63. The Hall–Kier alpha value is -1.23. The molecule has 1 aromatic carbocycles. The number of aromatic amines is 1. The lowest BCUT2D eigenvalue weighted by molar-refractivity contribution is 0.128. The number of hydrogen-bond acceptors (Lipinski definition) is 3. The molecule has 0 bridgehead atoms. The van der Waals surface area contributed by atoms with Gasteiger partial charge < -0.3 is 9.72 Å². The van der Waals surface area contributed by atoms with Crippen LogP contribution in [-0.4, -0.2) is 16.6 Å². The van der Waals surface area contributed by atoms with Crippen LogP contribution in [0.25, 0.3) is 11.3 Å². The van der Waals surface area contributed by atoms with Gasteiger partial charge in [0.2, 0.25) is 0 Å². The Labute approximate surface area is 116 Å². The highest BCUT2D eigenvalue weighted by atomic mass is 35.5. The van der Waals surface area contributed by atoms with Gasteiger partial charge in [-0.2, -0.15) is 0 Å². The fraction of sp³-hybridized carbons (Fsp3) is 0.231. The van der Waals surface area contributed by atoms with E-state index in [-0.39, 0.29) is 0 Å². The predicted octanol–water partition coefficient (Wildman–Crippen LogP) is 4.00. The number of aromatic nitrogens is 2. The molecule has 0 aliphatic carbocycles. The van der Waals surface area contributed by atoms with Crippen LogP contribution in [0.15, 0.2) is 30.3 Å². The molecule has 1 aromatic heterocycles. The van der Waals surface area contributed by atoms with Crippen LogP contribution in [0.1, 0.15) is 12.7 Å². The lowest BCUT2D eigenvalue weighted by atomic mass is 10.1. The highest BCUT2D eigenvalue weighted by Crippen LogP contribution is 2.25. The third-order valence-electron chi connectivity index (χ3n) is 2.40. The molecule has 18 heavy (non-hydrogen) atoms. The minimum absolute atomic E-state index is 0.415. The van der Waals surface area contributed by atoms with Gasteiger partial charge in [0.15, 0.2) is 0 Å². The summed E-state index contributed by atoms with van der Waals surface area (Å²) in [6.45, 7) is 2.99. The van der Waals surface area contributed by atoms with Gasteiger partial charge in [-0.15, -0.1) is 0 Å². The summed E-state index contributed by atoms with van der Waals surface area (Å²) < 4.78 is 5.85. The van der Waals surface area contributed by atoms with E-state index in [0.717, 1.165) is 11.3 Å². The Bertz CT molecular complexity index is 598. The van der Waals surface area contributed by atoms with Crippen LogP contribution in [0, 0.1) is 4.64 Å². The van der Waals surface area contributed by atoms with Crippen LogP contribution in [0.5, 0.6) is 0 Å². The van der Waals surface area contributed by atoms with Gasteiger partial charge in [0.05, 0.1) is 5.69 Å². The summed E-state index contributed by atoms with van der Waals surface area (Å²) in [5.74, 6) is 0.708. The number of nitrogens with zero attached hydrogens (tertiary/aromatic N) is 1. The van der Waals surface area contributed by atoms with Crippen molar-refractivity contribution in [3.8, 4) is 11.3 Å². The van der Waals surface area contributed by atoms with Crippen LogP contribution in [0.3, 0.4) is 0 Å². The largest absolute Gasteiger partial charge is 0.374 e. The Morgan fingerprint density at radius 2 is 2.17 bits per heavy atom. The zero-order chi connectivity index (χ0) is 13.0. The summed E-state index contributed by atoms with van der Waals surface area (Å²) in [6.07, 6.45) is 0. The molecule has 2 rings (SSSR count). The predicted molar refractivity (Wildman–Crippen MR) is 75.2 cm³/mol. The summed E-state index contributed by atoms with van der Waals surface area (Å²) in [5, 5.41) is 0.678. The Kier molecular flexibility index (Phi) is 4.47. The third-order valence-corrected chi connectivity index (χ3v) is 2.94. The fourth-order valence-electron chi connectivity index (χ4n) is 1.60. The van der Waals surface area contributed by atoms with Gasteiger partial charge in [0, 0.05) is 17.2 Å². The van der Waals surface area contributed by atoms with Gasteiger partial charge in [-0.05, 0) is 19.1 Å². The maximum absolute atomic E-state index is 6.16. The van der Waals surface area contributed by atoms with Crippen LogP contribution in [0.2, 0.25) is 5.02 Å². The molecule has 0 fully saturated rings. The van der Waals surface area contributed by atoms with E-state index >= 15 is 0 Å². The van der Waals surface area contributed by atoms with E-state index in [4.69, 9.17) is 28.6 Å². The summed E-state index contributed by atoms with van der Waals surface area (Å²) in [6, 6.07) is 9.40. The Morgan fingerprint density at radius 3 is 2.89 bits per heavy atom. The quantitative estimate of drug-likeness (QED) is 0.861. The number of ether oxygens (including phenoxy) is 1. The fourth-order valence-corrected chi connectivity index (χ4v) is 2.07. The van der Waals surface area contributed by atoms with Crippen molar-refractivity contribution in [2.24, 2.45) is 0 Å². The molecule has 0 spiro atoms. The summed E-state index contributed by atoms with van der Waals surface area (Å²) >= 11 is 11.3. The minimum atomic E-state index is 0.415. The molecule has 0 radical (unpaired) electrons. The van der Waals surface area contributed by atoms with Gasteiger partial charge in [-0.3, -0.25) is 0 Å². The molecule has 3 nitrogen and oxygen atoms in total. The number of nitrogens with one attached hydrogen (secondary N) is 1. The van der Waals surface area contributed by atoms with E-state index in [2.05, 4.69) is 9.97 Å². The lowest BCUT2D eigenvalue weighted by Crippen LogP contribution is -2.00. The van der Waals surface area contributed by atoms with Gasteiger partial charge in [0.25, 0.3) is 0 Å². The second-order valence-electron chi connectivity index (χ2n) is 3.70. The molecule has 2 aromatic rings. The molecule has 1 N–H and O–H groups in total. The van der Waals surface area contributed by atoms with Crippen LogP contribution < -0.4 is 0 Å². The van der Waals surface area contributed by atoms with E-state index < -0.39 is 0 Å². The second kappa shape index (κ2) is 6.09. The number of hydrogen-bond donors (Lipinski definition) is 1. The van der Waals surface area contributed by atoms with Crippen molar-refractivity contribution in [2.75, 3.05) is 6.61 Å². The van der Waals surface area contributed by atoms with E-state index in [0.29, 0.717) is 28.7 Å². The zero-order valence-electron chi connectivity index (χ0n) is 9.94. The van der Waals surface area contributed by atoms with E-state index in [1.807, 2.05) is 31.2 Å². The molecule has 1 heterocycles. The van der Waals surface area contributed by atoms with Crippen molar-refractivity contribution in [3.63, 3.8) is 0 Å². The van der Waals surface area contributed by atoms with Crippen molar-refractivity contribution < 1.29 is 4.74 Å². The standard InChI is InChI=1S/C13H13ClN2OS/c1-2-17-8-12-15-11(7-13(18)16-12)9-5-3-4-6-10(9)14/h3-7H,2,8H2,1H3,(H,15,16,18). The number of halogens is 1. The SMILES string of the molecule is CCOCc1nc(=S)cc(-c2ccccc2Cl)[nH]1. The van der Waals surface area contributed by atoms with Crippen molar-refractivity contribution in [1.82, 2.24) is 9.97 Å². The normalized spacial score (nSPS) is 10.6. The van der Waals surface area contributed by atoms with Crippen LogP contribution in [0.4, 0.5) is 0 Å². The van der Waals surface area contributed by atoms with Gasteiger partial charge in [0.1, 0.15) is 17.1 Å². The van der Waals surface area contributed by atoms with Crippen molar-refractivity contribution in [3.05, 3.63) is 45.8 Å². The second-order valence-corrected chi connectivity index (χ2v) is 4.52. The van der Waals surface area contributed by atoms with Crippen molar-refractivity contribution >= 4 is 23.8 Å². The molecule has 0 aliphatic heterocycles. The highest BCUT2D eigenvalue weighted by Gasteiger charge is 2.05. The van der Waals surface area contributed by atoms with Gasteiger partial charge in [-0.1, -0.05) is 42.0 Å². The molecular weight excluding hydrogens is 268 g/mol. The maximum atomic E-state index is 6.16. The number of rotatable bonds is 4. The third kappa shape index (κ3) is 3.16. The monoisotopic (exact) mass is 280 g/mol. The maximum Gasteiger partial charge on any atom is 0.134 e. The van der Waals surface area contributed by atoms with E-state index in [9.17, 15) is 0 Å². The summed E-state index contributed by atoms with van der Waals surface area (Å²) in [7, 11) is 0. The van der Waals surface area contributed by atoms with Crippen LogP contribution >= 0.6 is 23.8 Å². The lowest BCUT2D eigenvalue weighted by Gasteiger charge is -2.07. The summed E-state index contributed by atoms with van der Waals surface area (Å²) in [4.78, 5) is 7.41. The zero-order valence-corrected chi connectivity index (χ0v) is 11.5. The Morgan fingerprint density at radius 1 is 1.39 bits per heavy atom. The number of H-pyrrole nitrogens is 1. The molecule has 0 amide bonds. The van der Waals surface area contributed by atoms with Crippen molar-refractivity contribution in [1.29, 1.82) is 0 Å². The van der Waals surface area contributed by atoms with Crippen molar-refractivity contribution in [2.45, 2.75) is 13.5 Å². The number of benzene rings is 1. The molecular formula is C13H13ClN2OS. The van der Waals surface area contributed by atoms with Gasteiger partial charge in [-0.25, -0.2) is 4.98 Å². The van der Waals surface area contributed by atoms with E-state index in [1.54, 1.807) is 6.07 Å². The summed E-state index contributed by atoms with van der Waals surface area (Å²) in [5.41, 5.74) is 1.76. The first-order valence-corrected chi connectivity index (χ1v) is 6.42.